The molecule has 2 fully saturated rings. The molecule has 28 heavy (non-hydrogen) atoms. The van der Waals surface area contributed by atoms with Crippen LogP contribution in [0, 0.1) is 0 Å². The second-order valence-electron chi connectivity index (χ2n) is 7.08. The number of benzene rings is 1. The first kappa shape index (κ1) is 20.4. The summed E-state index contributed by atoms with van der Waals surface area (Å²) >= 11 is 0. The summed E-state index contributed by atoms with van der Waals surface area (Å²) in [6.45, 7) is 2.49. The summed E-state index contributed by atoms with van der Waals surface area (Å²) in [5.74, 6) is -0.627. The minimum Gasteiger partial charge on any atom is -0.406 e. The van der Waals surface area contributed by atoms with Crippen LogP contribution in [0.3, 0.4) is 0 Å². The summed E-state index contributed by atoms with van der Waals surface area (Å²) in [6.07, 6.45) is -0.572. The van der Waals surface area contributed by atoms with Crippen LogP contribution in [0.4, 0.5) is 13.2 Å². The predicted octanol–water partition coefficient (Wildman–Crippen LogP) is 2.46. The molecule has 2 saturated heterocycles. The number of likely N-dealkylation sites (tertiary alicyclic amines) is 1. The number of carbonyl (C=O) groups is 2. The molecule has 2 amide bonds. The Morgan fingerprint density at radius 1 is 1.07 bits per heavy atom. The van der Waals surface area contributed by atoms with Crippen molar-refractivity contribution in [3.05, 3.63) is 29.8 Å². The van der Waals surface area contributed by atoms with E-state index >= 15 is 0 Å². The van der Waals surface area contributed by atoms with Crippen molar-refractivity contribution < 1.29 is 27.5 Å². The molecule has 0 bridgehead atoms. The highest BCUT2D eigenvalue weighted by molar-refractivity contribution is 5.85. The van der Waals surface area contributed by atoms with Gasteiger partial charge in [-0.2, -0.15) is 0 Å². The second-order valence-corrected chi connectivity index (χ2v) is 7.08. The number of rotatable bonds is 4. The smallest absolute Gasteiger partial charge is 0.406 e. The van der Waals surface area contributed by atoms with Gasteiger partial charge >= 0.3 is 6.36 Å². The number of amides is 2. The van der Waals surface area contributed by atoms with Gasteiger partial charge in [0, 0.05) is 26.2 Å². The van der Waals surface area contributed by atoms with E-state index in [-0.39, 0.29) is 24.1 Å². The van der Waals surface area contributed by atoms with Gasteiger partial charge in [-0.25, -0.2) is 0 Å². The van der Waals surface area contributed by atoms with Crippen LogP contribution in [0.25, 0.3) is 0 Å². The van der Waals surface area contributed by atoms with E-state index in [1.807, 2.05) is 4.90 Å². The van der Waals surface area contributed by atoms with E-state index in [2.05, 4.69) is 10.1 Å². The van der Waals surface area contributed by atoms with Crippen molar-refractivity contribution in [1.82, 2.24) is 15.1 Å². The number of piperazine rings is 1. The zero-order valence-corrected chi connectivity index (χ0v) is 15.5. The van der Waals surface area contributed by atoms with Crippen LogP contribution in [0.15, 0.2) is 24.3 Å². The molecule has 1 aromatic carbocycles. The fourth-order valence-corrected chi connectivity index (χ4v) is 3.69. The normalized spacial score (nSPS) is 21.8. The highest BCUT2D eigenvalue weighted by Crippen LogP contribution is 2.28. The summed E-state index contributed by atoms with van der Waals surface area (Å²) in [5, 5.41) is 2.76. The molecule has 3 rings (SSSR count). The number of carbonyl (C=O) groups excluding carboxylic acids is 2. The quantitative estimate of drug-likeness (QED) is 0.845. The Morgan fingerprint density at radius 2 is 1.71 bits per heavy atom. The molecule has 1 aromatic rings. The molecule has 6 nitrogen and oxygen atoms in total. The topological polar surface area (TPSA) is 61.9 Å². The first-order valence-electron chi connectivity index (χ1n) is 9.49. The van der Waals surface area contributed by atoms with Crippen molar-refractivity contribution >= 4 is 11.8 Å². The van der Waals surface area contributed by atoms with Gasteiger partial charge in [-0.05, 0) is 30.5 Å². The number of nitrogens with one attached hydrogen (secondary N) is 1. The molecule has 0 saturated carbocycles. The lowest BCUT2D eigenvalue weighted by molar-refractivity contribution is -0.274. The Hall–Kier alpha value is -2.29. The van der Waals surface area contributed by atoms with Crippen molar-refractivity contribution in [3.8, 4) is 5.75 Å². The van der Waals surface area contributed by atoms with Crippen molar-refractivity contribution in [1.29, 1.82) is 0 Å². The average Bonchev–Trinajstić information content (AvgIpc) is 2.91. The largest absolute Gasteiger partial charge is 0.573 e. The summed E-state index contributed by atoms with van der Waals surface area (Å²) in [6, 6.07) is 4.50. The minimum absolute atomic E-state index is 0.0152. The lowest BCUT2D eigenvalue weighted by Gasteiger charge is -2.36. The van der Waals surface area contributed by atoms with Crippen LogP contribution in [-0.4, -0.2) is 60.7 Å². The van der Waals surface area contributed by atoms with Crippen molar-refractivity contribution in [2.24, 2.45) is 0 Å². The number of ether oxygens (including phenoxy) is 1. The molecule has 1 unspecified atom stereocenters. The third kappa shape index (κ3) is 5.37. The van der Waals surface area contributed by atoms with Crippen LogP contribution < -0.4 is 10.1 Å². The van der Waals surface area contributed by atoms with Crippen LogP contribution in [0.5, 0.6) is 5.75 Å². The van der Waals surface area contributed by atoms with Crippen molar-refractivity contribution in [2.75, 3.05) is 32.7 Å². The Morgan fingerprint density at radius 3 is 2.32 bits per heavy atom. The van der Waals surface area contributed by atoms with Gasteiger partial charge in [0.05, 0.1) is 6.54 Å². The molecule has 2 heterocycles. The highest BCUT2D eigenvalue weighted by atomic mass is 19.4. The number of halogens is 3. The first-order valence-corrected chi connectivity index (χ1v) is 9.49. The van der Waals surface area contributed by atoms with E-state index in [1.54, 1.807) is 4.90 Å². The lowest BCUT2D eigenvalue weighted by atomic mass is 10.0. The van der Waals surface area contributed by atoms with E-state index in [0.29, 0.717) is 18.7 Å². The van der Waals surface area contributed by atoms with Gasteiger partial charge in [0.25, 0.3) is 0 Å². The van der Waals surface area contributed by atoms with Gasteiger partial charge in [-0.15, -0.1) is 13.2 Å². The Balaban J connectivity index is 1.71. The summed E-state index contributed by atoms with van der Waals surface area (Å²) < 4.78 is 40.9. The van der Waals surface area contributed by atoms with Gasteiger partial charge in [0.2, 0.25) is 11.8 Å². The predicted molar refractivity (Wildman–Crippen MR) is 95.5 cm³/mol. The Bertz CT molecular complexity index is 686. The van der Waals surface area contributed by atoms with Gasteiger partial charge in [0.15, 0.2) is 0 Å². The summed E-state index contributed by atoms with van der Waals surface area (Å²) in [7, 11) is 0. The van der Waals surface area contributed by atoms with Gasteiger partial charge < -0.3 is 15.0 Å². The van der Waals surface area contributed by atoms with Crippen LogP contribution in [-0.2, 0) is 9.59 Å². The van der Waals surface area contributed by atoms with Crippen molar-refractivity contribution in [3.63, 3.8) is 0 Å². The number of alkyl halides is 3. The molecular weight excluding hydrogens is 375 g/mol. The molecule has 154 valence electrons. The fraction of sp³-hybridized carbons (Fsp3) is 0.579. The SMILES string of the molecule is O=C1NCCN(CC(=O)N2CCCCCC2)C1c1ccc(OC(F)(F)F)cc1. The number of hydrogen-bond acceptors (Lipinski definition) is 4. The van der Waals surface area contributed by atoms with Gasteiger partial charge in [-0.1, -0.05) is 25.0 Å². The molecule has 0 aromatic heterocycles. The molecule has 1 N–H and O–H groups in total. The maximum atomic E-state index is 12.7. The zero-order chi connectivity index (χ0) is 20.1. The monoisotopic (exact) mass is 399 g/mol. The number of hydrogen-bond donors (Lipinski definition) is 1. The molecule has 1 atom stereocenters. The first-order chi connectivity index (χ1) is 13.3. The molecular formula is C19H24F3N3O3. The molecule has 0 spiro atoms. The van der Waals surface area contributed by atoms with E-state index in [1.165, 1.54) is 24.3 Å². The van der Waals surface area contributed by atoms with Gasteiger partial charge in [-0.3, -0.25) is 14.5 Å². The van der Waals surface area contributed by atoms with E-state index in [9.17, 15) is 22.8 Å². The number of nitrogens with zero attached hydrogens (tertiary/aromatic N) is 2. The van der Waals surface area contributed by atoms with Crippen LogP contribution >= 0.6 is 0 Å². The van der Waals surface area contributed by atoms with E-state index in [4.69, 9.17) is 0 Å². The average molecular weight is 399 g/mol. The van der Waals surface area contributed by atoms with Gasteiger partial charge in [0.1, 0.15) is 11.8 Å². The van der Waals surface area contributed by atoms with E-state index < -0.39 is 12.4 Å². The third-order valence-electron chi connectivity index (χ3n) is 5.04. The summed E-state index contributed by atoms with van der Waals surface area (Å²) in [4.78, 5) is 28.8. The molecule has 2 aliphatic heterocycles. The Labute approximate surface area is 161 Å². The molecule has 0 aliphatic carbocycles. The minimum atomic E-state index is -4.77. The fourth-order valence-electron chi connectivity index (χ4n) is 3.69. The second kappa shape index (κ2) is 8.81. The molecule has 2 aliphatic rings. The third-order valence-corrected chi connectivity index (χ3v) is 5.04. The zero-order valence-electron chi connectivity index (χ0n) is 15.5. The Kier molecular flexibility index (Phi) is 6.43. The van der Waals surface area contributed by atoms with Crippen LogP contribution in [0.2, 0.25) is 0 Å². The molecule has 0 radical (unpaired) electrons. The lowest BCUT2D eigenvalue weighted by Crippen LogP contribution is -2.53. The van der Waals surface area contributed by atoms with E-state index in [0.717, 1.165) is 38.8 Å². The van der Waals surface area contributed by atoms with Crippen molar-refractivity contribution in [2.45, 2.75) is 38.1 Å². The maximum Gasteiger partial charge on any atom is 0.573 e. The highest BCUT2D eigenvalue weighted by Gasteiger charge is 2.34. The van der Waals surface area contributed by atoms with Crippen LogP contribution in [0.1, 0.15) is 37.3 Å². The molecule has 9 heteroatoms. The summed E-state index contributed by atoms with van der Waals surface area (Å²) in [5.41, 5.74) is 0.524. The standard InChI is InChI=1S/C19H24F3N3O3/c20-19(21,22)28-15-7-5-14(6-8-15)17-18(27)23-9-12-25(17)13-16(26)24-10-3-1-2-4-11-24/h5-8,17H,1-4,9-13H2,(H,23,27). The maximum absolute atomic E-state index is 12.7.